The van der Waals surface area contributed by atoms with E-state index >= 15 is 0 Å². The van der Waals surface area contributed by atoms with E-state index in [0.717, 1.165) is 29.1 Å². The predicted octanol–water partition coefficient (Wildman–Crippen LogP) is 2.25. The molecular weight excluding hydrogens is 334 g/mol. The second-order valence-electron chi connectivity index (χ2n) is 7.34. The van der Waals surface area contributed by atoms with Crippen molar-refractivity contribution >= 4 is 33.7 Å². The number of carbonyl (C=O) groups excluding carboxylic acids is 2. The predicted molar refractivity (Wildman–Crippen MR) is 93.5 cm³/mol. The Labute approximate surface area is 148 Å². The quantitative estimate of drug-likeness (QED) is 0.704. The van der Waals surface area contributed by atoms with Crippen molar-refractivity contribution in [3.05, 3.63) is 30.1 Å². The molecule has 26 heavy (non-hydrogen) atoms. The Bertz CT molecular complexity index is 1030. The summed E-state index contributed by atoms with van der Waals surface area (Å²) in [5.74, 6) is -0.627. The van der Waals surface area contributed by atoms with Gasteiger partial charge in [-0.3, -0.25) is 14.9 Å². The number of hydrogen-bond acceptors (Lipinski definition) is 5. The van der Waals surface area contributed by atoms with E-state index < -0.39 is 5.92 Å². The molecule has 2 fully saturated rings. The molecule has 1 aliphatic heterocycles. The largest absolute Gasteiger partial charge is 0.396 e. The average molecular weight is 353 g/mol. The molecule has 2 aromatic heterocycles. The monoisotopic (exact) mass is 353 g/mol. The maximum absolute atomic E-state index is 12.3. The normalized spacial score (nSPS) is 26.3. The van der Waals surface area contributed by atoms with Crippen molar-refractivity contribution in [3.63, 3.8) is 0 Å². The Morgan fingerprint density at radius 2 is 2.12 bits per heavy atom. The van der Waals surface area contributed by atoms with Gasteiger partial charge in [-0.05, 0) is 43.4 Å². The van der Waals surface area contributed by atoms with Crippen LogP contribution in [0.4, 0.5) is 0 Å². The molecule has 0 spiro atoms. The van der Waals surface area contributed by atoms with Crippen LogP contribution in [0, 0.1) is 5.92 Å². The zero-order chi connectivity index (χ0) is 17.8. The van der Waals surface area contributed by atoms with Crippen molar-refractivity contribution in [2.75, 3.05) is 6.61 Å². The molecule has 1 atom stereocenters. The van der Waals surface area contributed by atoms with Gasteiger partial charge < -0.3 is 14.2 Å². The van der Waals surface area contributed by atoms with Gasteiger partial charge in [-0.25, -0.2) is 0 Å². The van der Waals surface area contributed by atoms with E-state index in [-0.39, 0.29) is 18.4 Å². The maximum Gasteiger partial charge on any atom is 0.235 e. The molecule has 5 rings (SSSR count). The Morgan fingerprint density at radius 1 is 1.27 bits per heavy atom. The molecule has 2 N–H and O–H groups in total. The first-order chi connectivity index (χ1) is 12.7. The molecular formula is C19H19N3O4. The van der Waals surface area contributed by atoms with Crippen LogP contribution in [0.15, 0.2) is 28.9 Å². The number of aliphatic hydroxyl groups excluding tert-OH is 1. The second-order valence-corrected chi connectivity index (χ2v) is 7.34. The number of carbonyl (C=O) groups is 2. The molecule has 7 nitrogen and oxygen atoms in total. The first kappa shape index (κ1) is 15.6. The third-order valence-corrected chi connectivity index (χ3v) is 5.79. The van der Waals surface area contributed by atoms with Crippen LogP contribution < -0.4 is 5.32 Å². The average Bonchev–Trinajstić information content (AvgIpc) is 3.18. The van der Waals surface area contributed by atoms with Crippen molar-refractivity contribution in [1.29, 1.82) is 0 Å². The van der Waals surface area contributed by atoms with Gasteiger partial charge in [0, 0.05) is 36.2 Å². The summed E-state index contributed by atoms with van der Waals surface area (Å²) < 4.78 is 7.71. The minimum atomic E-state index is -0.467. The maximum atomic E-state index is 12.3. The number of imide groups is 1. The lowest BCUT2D eigenvalue weighted by Gasteiger charge is -2.35. The third-order valence-electron chi connectivity index (χ3n) is 5.79. The van der Waals surface area contributed by atoms with Gasteiger partial charge >= 0.3 is 0 Å². The number of nitrogens with zero attached hydrogens (tertiary/aromatic N) is 2. The topological polar surface area (TPSA) is 97.4 Å². The lowest BCUT2D eigenvalue weighted by Crippen LogP contribution is -2.39. The van der Waals surface area contributed by atoms with Gasteiger partial charge in [0.05, 0.1) is 11.3 Å². The van der Waals surface area contributed by atoms with Gasteiger partial charge in [0.1, 0.15) is 5.69 Å². The first-order valence-corrected chi connectivity index (χ1v) is 8.99. The van der Waals surface area contributed by atoms with Crippen LogP contribution in [0.5, 0.6) is 0 Å². The Kier molecular flexibility index (Phi) is 3.40. The summed E-state index contributed by atoms with van der Waals surface area (Å²) in [5.41, 5.74) is 2.34. The number of aliphatic hydroxyl groups is 1. The summed E-state index contributed by atoms with van der Waals surface area (Å²) >= 11 is 0. The van der Waals surface area contributed by atoms with E-state index in [1.165, 1.54) is 0 Å². The molecule has 0 bridgehead atoms. The number of benzene rings is 1. The van der Waals surface area contributed by atoms with Crippen LogP contribution >= 0.6 is 0 Å². The van der Waals surface area contributed by atoms with Crippen molar-refractivity contribution in [1.82, 2.24) is 15.0 Å². The summed E-state index contributed by atoms with van der Waals surface area (Å²) in [7, 11) is 0. The van der Waals surface area contributed by atoms with E-state index in [9.17, 15) is 14.7 Å². The summed E-state index contributed by atoms with van der Waals surface area (Å²) in [6.07, 6.45) is 4.77. The first-order valence-electron chi connectivity index (χ1n) is 8.99. The van der Waals surface area contributed by atoms with Crippen LogP contribution in [0.25, 0.3) is 21.9 Å². The highest BCUT2D eigenvalue weighted by Crippen LogP contribution is 2.41. The molecule has 134 valence electrons. The van der Waals surface area contributed by atoms with Crippen LogP contribution in [0.2, 0.25) is 0 Å². The Morgan fingerprint density at radius 3 is 2.88 bits per heavy atom. The molecule has 1 unspecified atom stereocenters. The smallest absolute Gasteiger partial charge is 0.235 e. The van der Waals surface area contributed by atoms with E-state index in [1.54, 1.807) is 0 Å². The highest BCUT2D eigenvalue weighted by Gasteiger charge is 2.34. The molecule has 0 radical (unpaired) electrons. The molecule has 3 heterocycles. The van der Waals surface area contributed by atoms with Gasteiger partial charge in [0.2, 0.25) is 11.8 Å². The standard InChI is InChI=1S/C19H19N3O4/c23-9-10-7-11(8-10)22-6-5-12-14(22)2-3-15-17(12)18(21-26-15)13-1-4-16(24)20-19(13)25/h2-3,5-6,10-11,13,23H,1,4,7-9H2,(H,20,24,25). The Hall–Kier alpha value is -2.67. The molecule has 7 heteroatoms. The van der Waals surface area contributed by atoms with E-state index in [2.05, 4.69) is 21.2 Å². The fourth-order valence-electron chi connectivity index (χ4n) is 4.29. The number of amides is 2. The van der Waals surface area contributed by atoms with Gasteiger partial charge in [0.15, 0.2) is 5.58 Å². The van der Waals surface area contributed by atoms with Crippen molar-refractivity contribution in [3.8, 4) is 0 Å². The molecule has 1 aromatic carbocycles. The molecule has 2 aliphatic rings. The van der Waals surface area contributed by atoms with Gasteiger partial charge in [-0.2, -0.15) is 0 Å². The molecule has 3 aromatic rings. The molecule has 1 saturated heterocycles. The number of nitrogens with one attached hydrogen (secondary N) is 1. The fourth-order valence-corrected chi connectivity index (χ4v) is 4.29. The van der Waals surface area contributed by atoms with Crippen LogP contribution in [-0.2, 0) is 9.59 Å². The minimum Gasteiger partial charge on any atom is -0.396 e. The van der Waals surface area contributed by atoms with Crippen LogP contribution in [0.3, 0.4) is 0 Å². The fraction of sp³-hybridized carbons (Fsp3) is 0.421. The lowest BCUT2D eigenvalue weighted by molar-refractivity contribution is -0.134. The van der Waals surface area contributed by atoms with Crippen molar-refractivity contribution in [2.24, 2.45) is 5.92 Å². The van der Waals surface area contributed by atoms with E-state index in [1.807, 2.05) is 18.2 Å². The Balaban J connectivity index is 1.60. The van der Waals surface area contributed by atoms with E-state index in [4.69, 9.17) is 4.52 Å². The number of rotatable bonds is 3. The lowest BCUT2D eigenvalue weighted by atomic mass is 9.80. The number of aromatic nitrogens is 2. The number of hydrogen-bond donors (Lipinski definition) is 2. The third kappa shape index (κ3) is 2.20. The number of fused-ring (bicyclic) bond motifs is 3. The number of piperidine rings is 1. The SMILES string of the molecule is O=C1CCC(c2noc3ccc4c(ccn4C4CC(CO)C4)c23)C(=O)N1. The molecule has 1 aliphatic carbocycles. The van der Waals surface area contributed by atoms with Gasteiger partial charge in [-0.1, -0.05) is 5.16 Å². The zero-order valence-electron chi connectivity index (χ0n) is 14.1. The minimum absolute atomic E-state index is 0.237. The summed E-state index contributed by atoms with van der Waals surface area (Å²) in [6.45, 7) is 0.241. The van der Waals surface area contributed by atoms with Crippen molar-refractivity contribution in [2.45, 2.75) is 37.6 Å². The van der Waals surface area contributed by atoms with Crippen LogP contribution in [-0.4, -0.2) is 33.3 Å². The van der Waals surface area contributed by atoms with E-state index in [0.29, 0.717) is 36.1 Å². The molecule has 2 amide bonds. The molecule has 1 saturated carbocycles. The second kappa shape index (κ2) is 5.67. The van der Waals surface area contributed by atoms with Gasteiger partial charge in [-0.15, -0.1) is 0 Å². The summed E-state index contributed by atoms with van der Waals surface area (Å²) in [4.78, 5) is 23.7. The highest BCUT2D eigenvalue weighted by molar-refractivity contribution is 6.09. The van der Waals surface area contributed by atoms with Crippen LogP contribution in [0.1, 0.15) is 43.3 Å². The summed E-state index contributed by atoms with van der Waals surface area (Å²) in [5, 5.41) is 17.7. The highest BCUT2D eigenvalue weighted by atomic mass is 16.5. The zero-order valence-corrected chi connectivity index (χ0v) is 14.1. The summed E-state index contributed by atoms with van der Waals surface area (Å²) in [6, 6.07) is 6.33. The van der Waals surface area contributed by atoms with Crippen molar-refractivity contribution < 1.29 is 19.2 Å². The van der Waals surface area contributed by atoms with Gasteiger partial charge in [0.25, 0.3) is 0 Å².